The van der Waals surface area contributed by atoms with Gasteiger partial charge in [-0.05, 0) is 12.1 Å². The number of thioether (sulfide) groups is 1. The van der Waals surface area contributed by atoms with E-state index in [0.29, 0.717) is 23.2 Å². The molecule has 0 aliphatic carbocycles. The van der Waals surface area contributed by atoms with Crippen molar-refractivity contribution in [1.29, 1.82) is 0 Å². The monoisotopic (exact) mass is 341 g/mol. The van der Waals surface area contributed by atoms with Crippen molar-refractivity contribution in [3.63, 3.8) is 0 Å². The quantitative estimate of drug-likeness (QED) is 0.531. The fraction of sp³-hybridized carbons (Fsp3) is 0.118. The van der Waals surface area contributed by atoms with E-state index in [9.17, 15) is 9.59 Å². The highest BCUT2D eigenvalue weighted by atomic mass is 32.2. The molecule has 0 bridgehead atoms. The molecule has 0 aliphatic heterocycles. The third-order valence-electron chi connectivity index (χ3n) is 3.17. The van der Waals surface area contributed by atoms with E-state index in [1.165, 1.54) is 17.8 Å². The van der Waals surface area contributed by atoms with Crippen LogP contribution in [0.5, 0.6) is 0 Å². The molecule has 3 aromatic rings. The molecule has 0 fully saturated rings. The lowest BCUT2D eigenvalue weighted by molar-refractivity contribution is -0.118. The summed E-state index contributed by atoms with van der Waals surface area (Å²) in [4.78, 5) is 30.7. The first-order chi connectivity index (χ1) is 11.7. The van der Waals surface area contributed by atoms with Crippen molar-refractivity contribution in [2.24, 2.45) is 0 Å². The van der Waals surface area contributed by atoms with Crippen molar-refractivity contribution in [3.05, 3.63) is 70.9 Å². The van der Waals surface area contributed by atoms with Crippen LogP contribution in [0.2, 0.25) is 0 Å². The maximum atomic E-state index is 11.9. The second-order valence-electron chi connectivity index (χ2n) is 4.95. The van der Waals surface area contributed by atoms with Crippen LogP contribution in [0.15, 0.2) is 69.2 Å². The molecule has 2 heterocycles. The Morgan fingerprint density at radius 3 is 2.79 bits per heavy atom. The molecule has 0 aliphatic rings. The normalized spacial score (nSPS) is 10.5. The van der Waals surface area contributed by atoms with Gasteiger partial charge in [0.15, 0.2) is 5.16 Å². The standard InChI is InChI=1S/C17H15N3O3S/c21-15-9-14(12-5-2-1-3-6-12)19-17(20-15)24-11-16(22)18-10-13-7-4-8-23-13/h1-9H,10-11H2,(H,18,22)(H,19,20,21). The molecule has 1 amide bonds. The number of carbonyl (C=O) groups excluding carboxylic acids is 1. The number of aromatic amines is 1. The molecule has 3 rings (SSSR count). The average molecular weight is 341 g/mol. The molecule has 0 spiro atoms. The lowest BCUT2D eigenvalue weighted by Gasteiger charge is -2.05. The third-order valence-corrected chi connectivity index (χ3v) is 4.04. The highest BCUT2D eigenvalue weighted by molar-refractivity contribution is 7.99. The minimum Gasteiger partial charge on any atom is -0.467 e. The van der Waals surface area contributed by atoms with Crippen LogP contribution < -0.4 is 10.9 Å². The van der Waals surface area contributed by atoms with Gasteiger partial charge in [0.2, 0.25) is 5.91 Å². The Labute approximate surface area is 142 Å². The molecule has 7 heteroatoms. The zero-order valence-corrected chi connectivity index (χ0v) is 13.5. The van der Waals surface area contributed by atoms with Crippen LogP contribution in [0.4, 0.5) is 0 Å². The number of amides is 1. The molecule has 2 N–H and O–H groups in total. The first-order valence-electron chi connectivity index (χ1n) is 7.29. The summed E-state index contributed by atoms with van der Waals surface area (Å²) in [5.74, 6) is 0.678. The lowest BCUT2D eigenvalue weighted by Crippen LogP contribution is -2.24. The van der Waals surface area contributed by atoms with Gasteiger partial charge in [0.1, 0.15) is 5.76 Å². The minimum atomic E-state index is -0.248. The van der Waals surface area contributed by atoms with Gasteiger partial charge in [0, 0.05) is 11.6 Å². The summed E-state index contributed by atoms with van der Waals surface area (Å²) < 4.78 is 5.15. The van der Waals surface area contributed by atoms with Gasteiger partial charge in [0.25, 0.3) is 5.56 Å². The Bertz CT molecular complexity index is 860. The van der Waals surface area contributed by atoms with E-state index in [2.05, 4.69) is 15.3 Å². The molecule has 0 radical (unpaired) electrons. The molecule has 1 aromatic carbocycles. The van der Waals surface area contributed by atoms with Gasteiger partial charge in [-0.3, -0.25) is 9.59 Å². The van der Waals surface area contributed by atoms with Crippen molar-refractivity contribution in [1.82, 2.24) is 15.3 Å². The lowest BCUT2D eigenvalue weighted by atomic mass is 10.1. The van der Waals surface area contributed by atoms with Crippen LogP contribution in [0.3, 0.4) is 0 Å². The summed E-state index contributed by atoms with van der Waals surface area (Å²) in [7, 11) is 0. The molecule has 6 nitrogen and oxygen atoms in total. The number of H-pyrrole nitrogens is 1. The summed E-state index contributed by atoms with van der Waals surface area (Å²) in [6.07, 6.45) is 1.56. The van der Waals surface area contributed by atoms with E-state index in [0.717, 1.165) is 5.56 Å². The number of hydrogen-bond acceptors (Lipinski definition) is 5. The molecule has 24 heavy (non-hydrogen) atoms. The van der Waals surface area contributed by atoms with E-state index in [-0.39, 0.29) is 17.2 Å². The van der Waals surface area contributed by atoms with Gasteiger partial charge >= 0.3 is 0 Å². The number of hydrogen-bond donors (Lipinski definition) is 2. The van der Waals surface area contributed by atoms with Crippen molar-refractivity contribution < 1.29 is 9.21 Å². The number of aromatic nitrogens is 2. The van der Waals surface area contributed by atoms with Gasteiger partial charge in [-0.1, -0.05) is 42.1 Å². The molecular formula is C17H15N3O3S. The zero-order chi connectivity index (χ0) is 16.8. The molecule has 0 saturated heterocycles. The second kappa shape index (κ2) is 7.65. The zero-order valence-electron chi connectivity index (χ0n) is 12.7. The molecule has 0 saturated carbocycles. The number of furan rings is 1. The number of rotatable bonds is 6. The fourth-order valence-corrected chi connectivity index (χ4v) is 2.75. The van der Waals surface area contributed by atoms with Gasteiger partial charge in [-0.2, -0.15) is 0 Å². The predicted molar refractivity (Wildman–Crippen MR) is 91.6 cm³/mol. The number of nitrogens with zero attached hydrogens (tertiary/aromatic N) is 1. The number of carbonyl (C=O) groups is 1. The van der Waals surface area contributed by atoms with E-state index >= 15 is 0 Å². The highest BCUT2D eigenvalue weighted by Gasteiger charge is 2.08. The number of benzene rings is 1. The highest BCUT2D eigenvalue weighted by Crippen LogP contribution is 2.18. The first-order valence-corrected chi connectivity index (χ1v) is 8.28. The topological polar surface area (TPSA) is 88.0 Å². The van der Waals surface area contributed by atoms with Gasteiger partial charge in [-0.15, -0.1) is 0 Å². The Kier molecular flexibility index (Phi) is 5.12. The summed E-state index contributed by atoms with van der Waals surface area (Å²) in [6.45, 7) is 0.334. The second-order valence-corrected chi connectivity index (χ2v) is 5.91. The van der Waals surface area contributed by atoms with E-state index in [1.54, 1.807) is 18.4 Å². The van der Waals surface area contributed by atoms with E-state index in [4.69, 9.17) is 4.42 Å². The van der Waals surface area contributed by atoms with Crippen LogP contribution in [0.25, 0.3) is 11.3 Å². The van der Waals surface area contributed by atoms with Gasteiger partial charge in [-0.25, -0.2) is 4.98 Å². The third kappa shape index (κ3) is 4.36. The van der Waals surface area contributed by atoms with Crippen LogP contribution in [-0.2, 0) is 11.3 Å². The van der Waals surface area contributed by atoms with Crippen LogP contribution in [0, 0.1) is 0 Å². The van der Waals surface area contributed by atoms with Crippen molar-refractivity contribution in [3.8, 4) is 11.3 Å². The molecule has 2 aromatic heterocycles. The molecule has 0 unspecified atom stereocenters. The largest absolute Gasteiger partial charge is 0.467 e. The Morgan fingerprint density at radius 1 is 1.21 bits per heavy atom. The van der Waals surface area contributed by atoms with Gasteiger partial charge in [0.05, 0.1) is 24.3 Å². The maximum Gasteiger partial charge on any atom is 0.252 e. The summed E-state index contributed by atoms with van der Waals surface area (Å²) in [5.41, 5.74) is 1.19. The maximum absolute atomic E-state index is 11.9. The predicted octanol–water partition coefficient (Wildman–Crippen LogP) is 2.44. The van der Waals surface area contributed by atoms with Crippen LogP contribution in [0.1, 0.15) is 5.76 Å². The summed E-state index contributed by atoms with van der Waals surface area (Å²) in [6, 6.07) is 14.4. The van der Waals surface area contributed by atoms with Crippen molar-refractivity contribution >= 4 is 17.7 Å². The SMILES string of the molecule is O=C(CSc1nc(-c2ccccc2)cc(=O)[nH]1)NCc1ccco1. The fourth-order valence-electron chi connectivity index (χ4n) is 2.04. The Balaban J connectivity index is 1.62. The van der Waals surface area contributed by atoms with Crippen molar-refractivity contribution in [2.45, 2.75) is 11.7 Å². The van der Waals surface area contributed by atoms with Crippen LogP contribution in [-0.4, -0.2) is 21.6 Å². The first kappa shape index (κ1) is 16.1. The van der Waals surface area contributed by atoms with E-state index in [1.807, 2.05) is 30.3 Å². The van der Waals surface area contributed by atoms with Crippen molar-refractivity contribution in [2.75, 3.05) is 5.75 Å². The number of nitrogens with one attached hydrogen (secondary N) is 2. The van der Waals surface area contributed by atoms with Gasteiger partial charge < -0.3 is 14.7 Å². The Morgan fingerprint density at radius 2 is 2.04 bits per heavy atom. The van der Waals surface area contributed by atoms with E-state index < -0.39 is 0 Å². The summed E-state index contributed by atoms with van der Waals surface area (Å²) in [5, 5.41) is 3.15. The van der Waals surface area contributed by atoms with Crippen LogP contribution >= 0.6 is 11.8 Å². The minimum absolute atomic E-state index is 0.155. The molecule has 0 atom stereocenters. The Hall–Kier alpha value is -2.80. The molecular weight excluding hydrogens is 326 g/mol. The summed E-state index contributed by atoms with van der Waals surface area (Å²) >= 11 is 1.18. The average Bonchev–Trinajstić information content (AvgIpc) is 3.12. The molecule has 122 valence electrons. The smallest absolute Gasteiger partial charge is 0.252 e.